The highest BCUT2D eigenvalue weighted by atomic mass is 32.2. The van der Waals surface area contributed by atoms with E-state index in [9.17, 15) is 0 Å². The maximum Gasteiger partial charge on any atom is 0.0358 e. The van der Waals surface area contributed by atoms with Gasteiger partial charge in [0, 0.05) is 36.2 Å². The van der Waals surface area contributed by atoms with Crippen LogP contribution in [-0.2, 0) is 0 Å². The predicted molar refractivity (Wildman–Crippen MR) is 63.7 cm³/mol. The number of nitrogens with zero attached hydrogens (tertiary/aromatic N) is 1. The Kier molecular flexibility index (Phi) is 3.10. The molecule has 2 nitrogen and oxygen atoms in total. The molecular weight excluding hydrogens is 192 g/mol. The van der Waals surface area contributed by atoms with Crippen molar-refractivity contribution in [2.45, 2.75) is 37.5 Å². The third-order valence-electron chi connectivity index (χ3n) is 4.15. The van der Waals surface area contributed by atoms with Crippen LogP contribution in [0.1, 0.15) is 26.7 Å². The summed E-state index contributed by atoms with van der Waals surface area (Å²) in [4.78, 5) is 2.67. The summed E-state index contributed by atoms with van der Waals surface area (Å²) in [5, 5.41) is 0.792. The molecule has 0 radical (unpaired) electrons. The number of thioether (sulfide) groups is 1. The monoisotopic (exact) mass is 214 g/mol. The molecule has 1 saturated heterocycles. The standard InChI is InChI=1S/C11H22N2S/c1-9-3-4-11(9,8-12)13-5-6-14-10(2)7-13/h9-10H,3-8,12H2,1-2H3. The molecule has 14 heavy (non-hydrogen) atoms. The highest BCUT2D eigenvalue weighted by Crippen LogP contribution is 2.43. The first-order chi connectivity index (χ1) is 6.69. The number of nitrogens with two attached hydrogens (primary N) is 1. The molecule has 2 aliphatic rings. The van der Waals surface area contributed by atoms with Gasteiger partial charge in [0.2, 0.25) is 0 Å². The molecule has 0 aromatic heterocycles. The van der Waals surface area contributed by atoms with Gasteiger partial charge in [0.25, 0.3) is 0 Å². The normalized spacial score (nSPS) is 44.8. The Labute approximate surface area is 91.6 Å². The number of hydrogen-bond donors (Lipinski definition) is 1. The Hall–Kier alpha value is 0.270. The van der Waals surface area contributed by atoms with E-state index in [1.165, 1.54) is 31.7 Å². The summed E-state index contributed by atoms with van der Waals surface area (Å²) >= 11 is 2.10. The van der Waals surface area contributed by atoms with Crippen molar-refractivity contribution >= 4 is 11.8 Å². The Morgan fingerprint density at radius 2 is 2.29 bits per heavy atom. The van der Waals surface area contributed by atoms with Crippen LogP contribution in [0.3, 0.4) is 0 Å². The van der Waals surface area contributed by atoms with Crippen LogP contribution in [0.2, 0.25) is 0 Å². The van der Waals surface area contributed by atoms with Crippen LogP contribution in [0, 0.1) is 5.92 Å². The molecule has 0 spiro atoms. The number of rotatable bonds is 2. The van der Waals surface area contributed by atoms with E-state index < -0.39 is 0 Å². The highest BCUT2D eigenvalue weighted by molar-refractivity contribution is 7.99. The summed E-state index contributed by atoms with van der Waals surface area (Å²) in [6.45, 7) is 8.04. The van der Waals surface area contributed by atoms with E-state index in [1.807, 2.05) is 0 Å². The van der Waals surface area contributed by atoms with Crippen LogP contribution in [0.4, 0.5) is 0 Å². The molecule has 3 atom stereocenters. The molecule has 0 aromatic rings. The summed E-state index contributed by atoms with van der Waals surface area (Å²) in [7, 11) is 0. The van der Waals surface area contributed by atoms with Crippen molar-refractivity contribution in [3.8, 4) is 0 Å². The number of hydrogen-bond acceptors (Lipinski definition) is 3. The fraction of sp³-hybridized carbons (Fsp3) is 1.00. The second kappa shape index (κ2) is 4.03. The molecule has 3 unspecified atom stereocenters. The van der Waals surface area contributed by atoms with Gasteiger partial charge in [0.1, 0.15) is 0 Å². The first-order valence-electron chi connectivity index (χ1n) is 5.76. The minimum atomic E-state index is 0.370. The average Bonchev–Trinajstić information content (AvgIpc) is 2.17. The summed E-state index contributed by atoms with van der Waals surface area (Å²) in [6, 6.07) is 0. The smallest absolute Gasteiger partial charge is 0.0358 e. The zero-order valence-electron chi connectivity index (χ0n) is 9.33. The fourth-order valence-corrected chi connectivity index (χ4v) is 3.90. The highest BCUT2D eigenvalue weighted by Gasteiger charge is 2.47. The largest absolute Gasteiger partial charge is 0.329 e. The van der Waals surface area contributed by atoms with E-state index in [1.54, 1.807) is 0 Å². The molecule has 2 fully saturated rings. The van der Waals surface area contributed by atoms with Gasteiger partial charge in [-0.2, -0.15) is 11.8 Å². The lowest BCUT2D eigenvalue weighted by Gasteiger charge is -2.56. The van der Waals surface area contributed by atoms with Crippen molar-refractivity contribution in [3.63, 3.8) is 0 Å². The lowest BCUT2D eigenvalue weighted by atomic mass is 9.66. The van der Waals surface area contributed by atoms with Gasteiger partial charge in [0.15, 0.2) is 0 Å². The van der Waals surface area contributed by atoms with Crippen LogP contribution in [-0.4, -0.2) is 41.1 Å². The maximum atomic E-state index is 5.99. The molecular formula is C11H22N2S. The zero-order valence-corrected chi connectivity index (χ0v) is 10.1. The van der Waals surface area contributed by atoms with Gasteiger partial charge < -0.3 is 5.73 Å². The molecule has 1 aliphatic heterocycles. The average molecular weight is 214 g/mol. The second-order valence-corrected chi connectivity index (χ2v) is 6.42. The summed E-state index contributed by atoms with van der Waals surface area (Å²) in [6.07, 6.45) is 2.69. The molecule has 0 amide bonds. The third-order valence-corrected chi connectivity index (χ3v) is 5.29. The molecule has 82 valence electrons. The Morgan fingerprint density at radius 1 is 1.50 bits per heavy atom. The van der Waals surface area contributed by atoms with E-state index in [-0.39, 0.29) is 0 Å². The van der Waals surface area contributed by atoms with Crippen LogP contribution in [0.25, 0.3) is 0 Å². The minimum absolute atomic E-state index is 0.370. The van der Waals surface area contributed by atoms with Crippen molar-refractivity contribution in [1.82, 2.24) is 4.90 Å². The van der Waals surface area contributed by atoms with Gasteiger partial charge in [-0.05, 0) is 18.8 Å². The molecule has 2 N–H and O–H groups in total. The van der Waals surface area contributed by atoms with Crippen molar-refractivity contribution in [1.29, 1.82) is 0 Å². The topological polar surface area (TPSA) is 29.3 Å². The van der Waals surface area contributed by atoms with Gasteiger partial charge in [-0.3, -0.25) is 4.90 Å². The molecule has 3 heteroatoms. The van der Waals surface area contributed by atoms with Crippen LogP contribution in [0.5, 0.6) is 0 Å². The van der Waals surface area contributed by atoms with E-state index in [0.717, 1.165) is 17.7 Å². The molecule has 1 aliphatic carbocycles. The predicted octanol–water partition coefficient (Wildman–Crippen LogP) is 1.55. The van der Waals surface area contributed by atoms with Gasteiger partial charge in [-0.25, -0.2) is 0 Å². The van der Waals surface area contributed by atoms with Crippen molar-refractivity contribution in [2.24, 2.45) is 11.7 Å². The molecule has 2 rings (SSSR count). The fourth-order valence-electron chi connectivity index (χ4n) is 2.89. The summed E-state index contributed by atoms with van der Waals surface area (Å²) < 4.78 is 0. The van der Waals surface area contributed by atoms with E-state index >= 15 is 0 Å². The molecule has 1 saturated carbocycles. The lowest BCUT2D eigenvalue weighted by molar-refractivity contribution is -0.0268. The van der Waals surface area contributed by atoms with E-state index in [2.05, 4.69) is 30.5 Å². The van der Waals surface area contributed by atoms with E-state index in [4.69, 9.17) is 5.73 Å². The van der Waals surface area contributed by atoms with Gasteiger partial charge in [-0.15, -0.1) is 0 Å². The van der Waals surface area contributed by atoms with Crippen LogP contribution < -0.4 is 5.73 Å². The second-order valence-electron chi connectivity index (χ2n) is 4.87. The van der Waals surface area contributed by atoms with Crippen molar-refractivity contribution < 1.29 is 0 Å². The van der Waals surface area contributed by atoms with E-state index in [0.29, 0.717) is 5.54 Å². The van der Waals surface area contributed by atoms with Crippen LogP contribution in [0.15, 0.2) is 0 Å². The quantitative estimate of drug-likeness (QED) is 0.756. The Bertz CT molecular complexity index is 205. The third kappa shape index (κ3) is 1.59. The SMILES string of the molecule is CC1CN(C2(CN)CCC2C)CCS1. The van der Waals surface area contributed by atoms with Gasteiger partial charge in [-0.1, -0.05) is 13.8 Å². The Morgan fingerprint density at radius 3 is 2.71 bits per heavy atom. The summed E-state index contributed by atoms with van der Waals surface area (Å²) in [5.41, 5.74) is 6.36. The maximum absolute atomic E-state index is 5.99. The molecule has 0 aromatic carbocycles. The zero-order chi connectivity index (χ0) is 10.2. The van der Waals surface area contributed by atoms with Gasteiger partial charge >= 0.3 is 0 Å². The van der Waals surface area contributed by atoms with Crippen LogP contribution >= 0.6 is 11.8 Å². The molecule has 1 heterocycles. The van der Waals surface area contributed by atoms with Crippen molar-refractivity contribution in [3.05, 3.63) is 0 Å². The van der Waals surface area contributed by atoms with Crippen molar-refractivity contribution in [2.75, 3.05) is 25.4 Å². The Balaban J connectivity index is 2.04. The minimum Gasteiger partial charge on any atom is -0.329 e. The lowest BCUT2D eigenvalue weighted by Crippen LogP contribution is -2.65. The van der Waals surface area contributed by atoms with Gasteiger partial charge in [0.05, 0.1) is 0 Å². The summed E-state index contributed by atoms with van der Waals surface area (Å²) in [5.74, 6) is 2.10. The molecule has 0 bridgehead atoms. The first-order valence-corrected chi connectivity index (χ1v) is 6.80. The first kappa shape index (κ1) is 10.8.